The number of rotatable bonds is 14. The Kier molecular flexibility index (Phi) is 8.04. The van der Waals surface area contributed by atoms with Crippen molar-refractivity contribution in [1.29, 1.82) is 0 Å². The number of carbonyl (C=O) groups is 1. The van der Waals surface area contributed by atoms with Gasteiger partial charge in [-0.1, -0.05) is 68.2 Å². The van der Waals surface area contributed by atoms with Crippen LogP contribution in [0.5, 0.6) is 0 Å². The molecule has 23 heavy (non-hydrogen) atoms. The van der Waals surface area contributed by atoms with Crippen LogP contribution < -0.4 is 0 Å². The largest absolute Gasteiger partial charge is 0.481 e. The van der Waals surface area contributed by atoms with Crippen molar-refractivity contribution in [2.45, 2.75) is 70.8 Å². The number of allylic oxidation sites excluding steroid dienone is 6. The van der Waals surface area contributed by atoms with Crippen molar-refractivity contribution in [2.24, 2.45) is 0 Å². The molecule has 0 aliphatic heterocycles. The zero-order chi connectivity index (χ0) is 24.2. The SMILES string of the molecule is [2H]C(/C=C(\[2H])C([2H])(O)C/C([2H])=C(/[2H])CCCCC)=C(\[2H])C/C([2H])=C(/[2H])CCCC(=O)O. The van der Waals surface area contributed by atoms with Gasteiger partial charge in [0.25, 0.3) is 0 Å². The van der Waals surface area contributed by atoms with Gasteiger partial charge < -0.3 is 10.2 Å². The van der Waals surface area contributed by atoms with Crippen LogP contribution >= 0.6 is 0 Å². The van der Waals surface area contributed by atoms with E-state index in [9.17, 15) is 9.90 Å². The van der Waals surface area contributed by atoms with Crippen LogP contribution in [-0.2, 0) is 4.79 Å². The summed E-state index contributed by atoms with van der Waals surface area (Å²) >= 11 is 0. The molecular formula is C20H32O3. The van der Waals surface area contributed by atoms with Crippen molar-refractivity contribution < 1.29 is 26.0 Å². The Morgan fingerprint density at radius 2 is 1.87 bits per heavy atom. The fourth-order valence-electron chi connectivity index (χ4n) is 1.49. The molecule has 3 nitrogen and oxygen atoms in total. The normalized spacial score (nSPS) is 23.1. The number of carboxylic acid groups (broad SMARTS) is 1. The van der Waals surface area contributed by atoms with E-state index >= 15 is 0 Å². The van der Waals surface area contributed by atoms with Crippen molar-refractivity contribution in [3.8, 4) is 0 Å². The minimum Gasteiger partial charge on any atom is -0.481 e. The minimum atomic E-state index is -2.53. The summed E-state index contributed by atoms with van der Waals surface area (Å²) in [7, 11) is 0. The van der Waals surface area contributed by atoms with Gasteiger partial charge in [0, 0.05) is 6.42 Å². The average molecular weight is 329 g/mol. The Morgan fingerprint density at radius 3 is 2.61 bits per heavy atom. The summed E-state index contributed by atoms with van der Waals surface area (Å²) in [6.45, 7) is 2.00. The molecule has 130 valence electrons. The van der Waals surface area contributed by atoms with Gasteiger partial charge in [0.2, 0.25) is 0 Å². The number of aliphatic hydroxyl groups is 1. The lowest BCUT2D eigenvalue weighted by Gasteiger charge is -1.99. The van der Waals surface area contributed by atoms with Gasteiger partial charge >= 0.3 is 5.97 Å². The second kappa shape index (κ2) is 16.8. The van der Waals surface area contributed by atoms with E-state index in [1.165, 1.54) is 0 Å². The first-order chi connectivity index (χ1) is 14.3. The summed E-state index contributed by atoms with van der Waals surface area (Å²) in [4.78, 5) is 10.5. The number of hydrogen-bond acceptors (Lipinski definition) is 2. The molecule has 0 aromatic carbocycles. The van der Waals surface area contributed by atoms with Gasteiger partial charge in [-0.2, -0.15) is 0 Å². The van der Waals surface area contributed by atoms with E-state index in [2.05, 4.69) is 0 Å². The number of aliphatic carboxylic acids is 1. The molecule has 1 atom stereocenters. The predicted octanol–water partition coefficient (Wildman–Crippen LogP) is 5.19. The van der Waals surface area contributed by atoms with Crippen LogP contribution in [0.1, 0.15) is 75.7 Å². The molecule has 0 radical (unpaired) electrons. The van der Waals surface area contributed by atoms with Crippen LogP contribution in [0, 0.1) is 0 Å². The molecule has 0 aromatic rings. The van der Waals surface area contributed by atoms with Crippen LogP contribution in [0.4, 0.5) is 0 Å². The summed E-state index contributed by atoms with van der Waals surface area (Å²) in [5.74, 6) is -1.01. The maximum Gasteiger partial charge on any atom is 0.303 e. The second-order valence-corrected chi connectivity index (χ2v) is 4.82. The summed E-state index contributed by atoms with van der Waals surface area (Å²) in [6, 6.07) is -2.27. The molecule has 0 aliphatic rings. The molecule has 1 unspecified atom stereocenters. The van der Waals surface area contributed by atoms with E-state index in [0.717, 1.165) is 25.3 Å². The molecule has 0 spiro atoms. The maximum atomic E-state index is 10.5. The van der Waals surface area contributed by atoms with Gasteiger partial charge in [-0.25, -0.2) is 0 Å². The summed E-state index contributed by atoms with van der Waals surface area (Å²) in [6.07, 6.45) is 0.334. The number of hydrogen-bond donors (Lipinski definition) is 2. The Labute approximate surface area is 152 Å². The van der Waals surface area contributed by atoms with E-state index in [1.807, 2.05) is 6.92 Å². The minimum absolute atomic E-state index is 0.00963. The Bertz CT molecular complexity index is 739. The molecule has 0 saturated heterocycles. The van der Waals surface area contributed by atoms with Crippen LogP contribution in [0.25, 0.3) is 0 Å². The summed E-state index contributed by atoms with van der Waals surface area (Å²) in [5, 5.41) is 18.8. The molecule has 0 heterocycles. The van der Waals surface area contributed by atoms with Crippen LogP contribution in [0.3, 0.4) is 0 Å². The first-order valence-corrected chi connectivity index (χ1v) is 7.91. The summed E-state index contributed by atoms with van der Waals surface area (Å²) < 4.78 is 62.7. The summed E-state index contributed by atoms with van der Waals surface area (Å²) in [5.41, 5.74) is 0. The van der Waals surface area contributed by atoms with Crippen molar-refractivity contribution in [3.63, 3.8) is 0 Å². The highest BCUT2D eigenvalue weighted by atomic mass is 16.4. The Balaban J connectivity index is 5.24. The molecule has 0 rings (SSSR count). The molecule has 3 heteroatoms. The standard InChI is InChI=1S/C20H32O3/c1-2-3-4-5-10-13-16-19(21)17-14-11-8-6-7-9-12-15-18-20(22)23/h7-11,13-14,17,19,21H,2-6,12,15-16,18H2,1H3,(H,22,23)/b9-7-,11-8-,13-10-,17-14+/i7D,8D,9D,10D,11D,13D,17D,19D. The molecule has 0 amide bonds. The van der Waals surface area contributed by atoms with E-state index < -0.39 is 36.6 Å². The molecule has 0 bridgehead atoms. The third-order valence-corrected chi connectivity index (χ3v) is 2.69. The van der Waals surface area contributed by atoms with Crippen molar-refractivity contribution in [1.82, 2.24) is 0 Å². The van der Waals surface area contributed by atoms with Crippen LogP contribution in [0.15, 0.2) is 48.4 Å². The second-order valence-electron chi connectivity index (χ2n) is 4.82. The van der Waals surface area contributed by atoms with Crippen LogP contribution in [0.2, 0.25) is 0 Å². The van der Waals surface area contributed by atoms with E-state index in [1.54, 1.807) is 0 Å². The number of carboxylic acids is 1. The van der Waals surface area contributed by atoms with Gasteiger partial charge in [-0.3, -0.25) is 4.79 Å². The quantitative estimate of drug-likeness (QED) is 0.262. The lowest BCUT2D eigenvalue weighted by Crippen LogP contribution is -1.98. The van der Waals surface area contributed by atoms with Gasteiger partial charge in [-0.05, 0) is 38.5 Å². The van der Waals surface area contributed by atoms with E-state index in [-0.39, 0.29) is 49.9 Å². The first-order valence-electron chi connectivity index (χ1n) is 11.9. The fourth-order valence-corrected chi connectivity index (χ4v) is 1.49. The maximum absolute atomic E-state index is 10.5. The number of unbranched alkanes of at least 4 members (excludes halogenated alkanes) is 2. The third-order valence-electron chi connectivity index (χ3n) is 2.69. The lowest BCUT2D eigenvalue weighted by atomic mass is 10.1. The molecule has 0 aromatic heterocycles. The van der Waals surface area contributed by atoms with Crippen LogP contribution in [-0.4, -0.2) is 22.3 Å². The van der Waals surface area contributed by atoms with E-state index in [4.69, 9.17) is 16.1 Å². The van der Waals surface area contributed by atoms with Gasteiger partial charge in [0.1, 0.15) is 0 Å². The highest BCUT2D eigenvalue weighted by molar-refractivity contribution is 5.66. The van der Waals surface area contributed by atoms with Gasteiger partial charge in [0.15, 0.2) is 0 Å². The zero-order valence-electron chi connectivity index (χ0n) is 21.7. The van der Waals surface area contributed by atoms with Crippen molar-refractivity contribution >= 4 is 5.97 Å². The molecule has 0 fully saturated rings. The molecular weight excluding hydrogens is 288 g/mol. The third kappa shape index (κ3) is 18.3. The monoisotopic (exact) mass is 328 g/mol. The average Bonchev–Trinajstić information content (AvgIpc) is 2.66. The lowest BCUT2D eigenvalue weighted by molar-refractivity contribution is -0.137. The zero-order valence-corrected chi connectivity index (χ0v) is 13.7. The Morgan fingerprint density at radius 1 is 1.13 bits per heavy atom. The van der Waals surface area contributed by atoms with E-state index in [0.29, 0.717) is 6.42 Å². The fraction of sp³-hybridized carbons (Fsp3) is 0.550. The Hall–Kier alpha value is -1.61. The highest BCUT2D eigenvalue weighted by Gasteiger charge is 1.93. The van der Waals surface area contributed by atoms with Crippen molar-refractivity contribution in [2.75, 3.05) is 0 Å². The van der Waals surface area contributed by atoms with Gasteiger partial charge in [-0.15, -0.1) is 0 Å². The molecule has 0 saturated carbocycles. The highest BCUT2D eigenvalue weighted by Crippen LogP contribution is 2.02. The first kappa shape index (κ1) is 11.0. The predicted molar refractivity (Wildman–Crippen MR) is 97.4 cm³/mol. The molecule has 0 aliphatic carbocycles. The smallest absolute Gasteiger partial charge is 0.303 e. The van der Waals surface area contributed by atoms with Gasteiger partial charge in [0.05, 0.1) is 17.0 Å². The van der Waals surface area contributed by atoms with Crippen molar-refractivity contribution in [3.05, 3.63) is 48.4 Å². The molecule has 2 N–H and O–H groups in total. The topological polar surface area (TPSA) is 57.5 Å².